The standard InChI is InChI=1S/C14H20N2O3S/c1-10(9-20-3)15-14(19)16(2)8-11-4-6-12(7-5-11)13(17)18/h4-7,10H,8-9H2,1-3H3,(H,15,19)(H,17,18). The third kappa shape index (κ3) is 5.13. The Bertz CT molecular complexity index is 462. The van der Waals surface area contributed by atoms with E-state index in [1.807, 2.05) is 13.2 Å². The summed E-state index contributed by atoms with van der Waals surface area (Å²) in [5, 5.41) is 11.7. The van der Waals surface area contributed by atoms with Gasteiger partial charge in [0.2, 0.25) is 0 Å². The number of amides is 2. The van der Waals surface area contributed by atoms with E-state index in [9.17, 15) is 9.59 Å². The summed E-state index contributed by atoms with van der Waals surface area (Å²) in [4.78, 5) is 24.2. The van der Waals surface area contributed by atoms with Gasteiger partial charge in [-0.3, -0.25) is 0 Å². The van der Waals surface area contributed by atoms with Gasteiger partial charge in [0.1, 0.15) is 0 Å². The van der Waals surface area contributed by atoms with Crippen molar-refractivity contribution in [3.8, 4) is 0 Å². The molecule has 0 heterocycles. The second kappa shape index (κ2) is 7.79. The van der Waals surface area contributed by atoms with Gasteiger partial charge in [-0.15, -0.1) is 0 Å². The lowest BCUT2D eigenvalue weighted by Gasteiger charge is -2.21. The summed E-state index contributed by atoms with van der Waals surface area (Å²) < 4.78 is 0. The fraction of sp³-hybridized carbons (Fsp3) is 0.429. The average Bonchev–Trinajstić information content (AvgIpc) is 2.39. The zero-order valence-corrected chi connectivity index (χ0v) is 12.7. The van der Waals surface area contributed by atoms with Crippen molar-refractivity contribution in [2.75, 3.05) is 19.1 Å². The molecule has 0 aliphatic rings. The van der Waals surface area contributed by atoms with Crippen LogP contribution in [0, 0.1) is 0 Å². The van der Waals surface area contributed by atoms with E-state index in [0.29, 0.717) is 6.54 Å². The Kier molecular flexibility index (Phi) is 6.38. The molecule has 0 bridgehead atoms. The molecule has 6 heteroatoms. The van der Waals surface area contributed by atoms with Crippen LogP contribution in [0.4, 0.5) is 4.79 Å². The number of carboxylic acid groups (broad SMARTS) is 1. The Morgan fingerprint density at radius 2 is 1.95 bits per heavy atom. The van der Waals surface area contributed by atoms with Crippen LogP contribution in [0.3, 0.4) is 0 Å². The maximum Gasteiger partial charge on any atom is 0.335 e. The summed E-state index contributed by atoms with van der Waals surface area (Å²) in [6.07, 6.45) is 2.00. The lowest BCUT2D eigenvalue weighted by Crippen LogP contribution is -2.42. The molecule has 2 N–H and O–H groups in total. The zero-order valence-electron chi connectivity index (χ0n) is 11.9. The first kappa shape index (κ1) is 16.4. The second-order valence-electron chi connectivity index (χ2n) is 4.66. The highest BCUT2D eigenvalue weighted by molar-refractivity contribution is 7.98. The molecule has 20 heavy (non-hydrogen) atoms. The summed E-state index contributed by atoms with van der Waals surface area (Å²) in [7, 11) is 1.71. The number of hydrogen-bond acceptors (Lipinski definition) is 3. The molecule has 5 nitrogen and oxygen atoms in total. The van der Waals surface area contributed by atoms with E-state index in [0.717, 1.165) is 11.3 Å². The number of urea groups is 1. The van der Waals surface area contributed by atoms with Gasteiger partial charge in [-0.1, -0.05) is 12.1 Å². The van der Waals surface area contributed by atoms with Gasteiger partial charge in [-0.25, -0.2) is 9.59 Å². The molecular weight excluding hydrogens is 276 g/mol. The molecule has 1 aromatic rings. The maximum atomic E-state index is 11.9. The van der Waals surface area contributed by atoms with E-state index >= 15 is 0 Å². The van der Waals surface area contributed by atoms with Crippen LogP contribution in [-0.4, -0.2) is 47.1 Å². The van der Waals surface area contributed by atoms with Crippen molar-refractivity contribution < 1.29 is 14.7 Å². The summed E-state index contributed by atoms with van der Waals surface area (Å²) in [5.74, 6) is -0.0825. The molecule has 1 rings (SSSR count). The van der Waals surface area contributed by atoms with Gasteiger partial charge in [0.25, 0.3) is 0 Å². The number of thioether (sulfide) groups is 1. The van der Waals surface area contributed by atoms with Crippen molar-refractivity contribution in [1.82, 2.24) is 10.2 Å². The second-order valence-corrected chi connectivity index (χ2v) is 5.57. The van der Waals surface area contributed by atoms with Gasteiger partial charge >= 0.3 is 12.0 Å². The largest absolute Gasteiger partial charge is 0.478 e. The Labute approximate surface area is 123 Å². The molecule has 0 aromatic heterocycles. The number of nitrogens with one attached hydrogen (secondary N) is 1. The minimum absolute atomic E-state index is 0.120. The lowest BCUT2D eigenvalue weighted by molar-refractivity contribution is 0.0697. The molecule has 1 unspecified atom stereocenters. The number of carbonyl (C=O) groups excluding carboxylic acids is 1. The molecule has 0 aliphatic heterocycles. The number of hydrogen-bond donors (Lipinski definition) is 2. The van der Waals surface area contributed by atoms with E-state index in [1.165, 1.54) is 0 Å². The fourth-order valence-electron chi connectivity index (χ4n) is 1.71. The molecule has 0 fully saturated rings. The highest BCUT2D eigenvalue weighted by atomic mass is 32.2. The number of nitrogens with zero attached hydrogens (tertiary/aromatic N) is 1. The predicted molar refractivity (Wildman–Crippen MR) is 81.2 cm³/mol. The Morgan fingerprint density at radius 1 is 1.35 bits per heavy atom. The van der Waals surface area contributed by atoms with Gasteiger partial charge in [0.05, 0.1) is 5.56 Å². The van der Waals surface area contributed by atoms with Crippen LogP contribution >= 0.6 is 11.8 Å². The third-order valence-electron chi connectivity index (χ3n) is 2.75. The number of carboxylic acids is 1. The Hall–Kier alpha value is -1.69. The van der Waals surface area contributed by atoms with E-state index < -0.39 is 5.97 Å². The first-order chi connectivity index (χ1) is 9.43. The van der Waals surface area contributed by atoms with Crippen molar-refractivity contribution in [2.45, 2.75) is 19.5 Å². The van der Waals surface area contributed by atoms with Crippen LogP contribution in [0.25, 0.3) is 0 Å². The normalized spacial score (nSPS) is 11.8. The SMILES string of the molecule is CSCC(C)NC(=O)N(C)Cc1ccc(C(=O)O)cc1. The first-order valence-electron chi connectivity index (χ1n) is 6.27. The van der Waals surface area contributed by atoms with Crippen molar-refractivity contribution in [3.63, 3.8) is 0 Å². The third-order valence-corrected chi connectivity index (χ3v) is 3.59. The molecule has 0 spiro atoms. The summed E-state index contributed by atoms with van der Waals surface area (Å²) in [5.41, 5.74) is 1.14. The number of aromatic carboxylic acids is 1. The monoisotopic (exact) mass is 296 g/mol. The molecule has 0 aliphatic carbocycles. The van der Waals surface area contributed by atoms with Gasteiger partial charge in [0, 0.05) is 25.4 Å². The minimum atomic E-state index is -0.950. The molecule has 1 atom stereocenters. The van der Waals surface area contributed by atoms with Crippen LogP contribution in [0.1, 0.15) is 22.8 Å². The number of benzene rings is 1. The van der Waals surface area contributed by atoms with E-state index in [2.05, 4.69) is 5.32 Å². The van der Waals surface area contributed by atoms with Crippen LogP contribution < -0.4 is 5.32 Å². The molecule has 0 saturated carbocycles. The highest BCUT2D eigenvalue weighted by Crippen LogP contribution is 2.07. The molecule has 0 radical (unpaired) electrons. The van der Waals surface area contributed by atoms with E-state index in [1.54, 1.807) is 48.0 Å². The molecule has 2 amide bonds. The highest BCUT2D eigenvalue weighted by Gasteiger charge is 2.12. The number of carbonyl (C=O) groups is 2. The van der Waals surface area contributed by atoms with Crippen molar-refractivity contribution in [2.24, 2.45) is 0 Å². The number of rotatable bonds is 6. The smallest absolute Gasteiger partial charge is 0.335 e. The van der Waals surface area contributed by atoms with Crippen LogP contribution in [-0.2, 0) is 6.54 Å². The lowest BCUT2D eigenvalue weighted by atomic mass is 10.1. The Morgan fingerprint density at radius 3 is 2.45 bits per heavy atom. The summed E-state index contributed by atoms with van der Waals surface area (Å²) >= 11 is 1.68. The van der Waals surface area contributed by atoms with Gasteiger partial charge in [-0.05, 0) is 30.9 Å². The van der Waals surface area contributed by atoms with Crippen molar-refractivity contribution >= 4 is 23.8 Å². The fourth-order valence-corrected chi connectivity index (χ4v) is 2.29. The molecule has 1 aromatic carbocycles. The average molecular weight is 296 g/mol. The van der Waals surface area contributed by atoms with E-state index in [4.69, 9.17) is 5.11 Å². The first-order valence-corrected chi connectivity index (χ1v) is 7.66. The van der Waals surface area contributed by atoms with E-state index in [-0.39, 0.29) is 17.6 Å². The molecule has 110 valence electrons. The molecular formula is C14H20N2O3S. The van der Waals surface area contributed by atoms with Crippen molar-refractivity contribution in [3.05, 3.63) is 35.4 Å². The predicted octanol–water partition coefficient (Wildman–Crippen LogP) is 2.28. The quantitative estimate of drug-likeness (QED) is 0.845. The molecule has 0 saturated heterocycles. The van der Waals surface area contributed by atoms with Gasteiger partial charge in [-0.2, -0.15) is 11.8 Å². The summed E-state index contributed by atoms with van der Waals surface area (Å²) in [6.45, 7) is 2.40. The summed E-state index contributed by atoms with van der Waals surface area (Å²) in [6, 6.07) is 6.51. The van der Waals surface area contributed by atoms with Crippen LogP contribution in [0.15, 0.2) is 24.3 Å². The van der Waals surface area contributed by atoms with Crippen LogP contribution in [0.5, 0.6) is 0 Å². The van der Waals surface area contributed by atoms with Crippen LogP contribution in [0.2, 0.25) is 0 Å². The maximum absolute atomic E-state index is 11.9. The van der Waals surface area contributed by atoms with Crippen molar-refractivity contribution in [1.29, 1.82) is 0 Å². The topological polar surface area (TPSA) is 69.6 Å². The minimum Gasteiger partial charge on any atom is -0.478 e. The van der Waals surface area contributed by atoms with Gasteiger partial charge in [0.15, 0.2) is 0 Å². The Balaban J connectivity index is 2.54. The van der Waals surface area contributed by atoms with Gasteiger partial charge < -0.3 is 15.3 Å². The zero-order chi connectivity index (χ0) is 15.1.